The Bertz CT molecular complexity index is 970. The predicted molar refractivity (Wildman–Crippen MR) is 101 cm³/mol. The molecule has 1 fully saturated rings. The third kappa shape index (κ3) is 3.42. The number of hydrogen-bond donors (Lipinski definition) is 2. The molecule has 4 rings (SSSR count). The molecule has 9 nitrogen and oxygen atoms in total. The van der Waals surface area contributed by atoms with Crippen molar-refractivity contribution in [3.63, 3.8) is 0 Å². The molecule has 4 heterocycles. The first-order valence-electron chi connectivity index (χ1n) is 8.79. The van der Waals surface area contributed by atoms with E-state index in [1.165, 1.54) is 0 Å². The lowest BCUT2D eigenvalue weighted by atomic mass is 10.2. The zero-order valence-corrected chi connectivity index (χ0v) is 15.8. The van der Waals surface area contributed by atoms with Crippen LogP contribution in [-0.4, -0.2) is 54.7 Å². The molecule has 1 amide bonds. The molecule has 10 heteroatoms. The van der Waals surface area contributed by atoms with Crippen LogP contribution in [0.4, 0.5) is 11.6 Å². The highest BCUT2D eigenvalue weighted by molar-refractivity contribution is 6.35. The molecule has 142 valence electrons. The average molecular weight is 390 g/mol. The number of nitrogens with zero attached hydrogens (tertiary/aromatic N) is 5. The molecule has 2 unspecified atom stereocenters. The Kier molecular flexibility index (Phi) is 4.61. The van der Waals surface area contributed by atoms with Crippen molar-refractivity contribution in [1.29, 1.82) is 0 Å². The minimum atomic E-state index is -0.148. The minimum Gasteiger partial charge on any atom is -0.472 e. The molecule has 0 spiro atoms. The number of likely N-dealkylation sites (tertiary alicyclic amines) is 1. The molecule has 1 aliphatic heterocycles. The summed E-state index contributed by atoms with van der Waals surface area (Å²) in [5, 5.41) is 8.49. The Morgan fingerprint density at radius 2 is 2.33 bits per heavy atom. The number of amides is 1. The molecule has 1 aliphatic rings. The number of hydrogen-bond acceptors (Lipinski definition) is 6. The maximum absolute atomic E-state index is 11.1. The Morgan fingerprint density at radius 1 is 1.48 bits per heavy atom. The molecule has 2 atom stereocenters. The Balaban J connectivity index is 1.64. The molecule has 1 saturated heterocycles. The first-order valence-corrected chi connectivity index (χ1v) is 9.17. The number of H-pyrrole nitrogens is 1. The van der Waals surface area contributed by atoms with Crippen molar-refractivity contribution < 1.29 is 9.53 Å². The number of fused-ring (bicyclic) bond motifs is 1. The van der Waals surface area contributed by atoms with Crippen molar-refractivity contribution in [3.8, 4) is 5.88 Å². The lowest BCUT2D eigenvalue weighted by Gasteiger charge is -2.15. The van der Waals surface area contributed by atoms with Crippen LogP contribution >= 0.6 is 11.6 Å². The topological polar surface area (TPSA) is 101 Å². The summed E-state index contributed by atoms with van der Waals surface area (Å²) in [5.74, 6) is 0.770. The second kappa shape index (κ2) is 7.07. The van der Waals surface area contributed by atoms with E-state index in [4.69, 9.17) is 16.3 Å². The number of rotatable bonds is 6. The molecule has 0 aliphatic carbocycles. The molecule has 3 aromatic rings. The maximum Gasteiger partial charge on any atom is 0.232 e. The van der Waals surface area contributed by atoms with E-state index in [1.54, 1.807) is 22.0 Å². The first kappa shape index (κ1) is 17.6. The fourth-order valence-electron chi connectivity index (χ4n) is 3.23. The summed E-state index contributed by atoms with van der Waals surface area (Å²) >= 11 is 6.29. The third-order valence-corrected chi connectivity index (χ3v) is 4.96. The molecule has 2 N–H and O–H groups in total. The standard InChI is InChI=1S/C17H20ClN7O2/c1-3-25-7-11(5-20-25)21-17-22-15-14(13(18)6-19-15)16(23-17)27-12-4-10(2)24(8-12)9-26/h5-7,9-10,12H,3-4,8H2,1-2H3,(H2,19,21,22,23). The number of aryl methyl sites for hydroxylation is 1. The van der Waals surface area contributed by atoms with Crippen LogP contribution in [0.2, 0.25) is 5.02 Å². The molecule has 0 radical (unpaired) electrons. The van der Waals surface area contributed by atoms with E-state index < -0.39 is 0 Å². The molecule has 27 heavy (non-hydrogen) atoms. The van der Waals surface area contributed by atoms with Gasteiger partial charge in [-0.1, -0.05) is 11.6 Å². The largest absolute Gasteiger partial charge is 0.472 e. The number of anilines is 2. The van der Waals surface area contributed by atoms with Gasteiger partial charge in [0.1, 0.15) is 11.8 Å². The normalized spacial score (nSPS) is 19.6. The summed E-state index contributed by atoms with van der Waals surface area (Å²) in [6.45, 7) is 5.30. The van der Waals surface area contributed by atoms with E-state index in [1.807, 2.05) is 20.0 Å². The van der Waals surface area contributed by atoms with Crippen molar-refractivity contribution in [2.24, 2.45) is 0 Å². The van der Waals surface area contributed by atoms with Gasteiger partial charge in [-0.05, 0) is 13.8 Å². The molecule has 0 bridgehead atoms. The second-order valence-electron chi connectivity index (χ2n) is 6.55. The van der Waals surface area contributed by atoms with Gasteiger partial charge in [0.15, 0.2) is 0 Å². The Labute approximate surface area is 160 Å². The highest BCUT2D eigenvalue weighted by Gasteiger charge is 2.30. The van der Waals surface area contributed by atoms with Crippen molar-refractivity contribution in [3.05, 3.63) is 23.6 Å². The van der Waals surface area contributed by atoms with Crippen LogP contribution in [0.1, 0.15) is 20.3 Å². The van der Waals surface area contributed by atoms with E-state index in [2.05, 4.69) is 25.4 Å². The van der Waals surface area contributed by atoms with Crippen molar-refractivity contribution in [2.45, 2.75) is 39.0 Å². The van der Waals surface area contributed by atoms with Gasteiger partial charge < -0.3 is 19.9 Å². The summed E-state index contributed by atoms with van der Waals surface area (Å²) in [6, 6.07) is 0.129. The zero-order valence-electron chi connectivity index (χ0n) is 15.0. The number of halogens is 1. The highest BCUT2D eigenvalue weighted by Crippen LogP contribution is 2.33. The van der Waals surface area contributed by atoms with Crippen LogP contribution in [0.5, 0.6) is 5.88 Å². The summed E-state index contributed by atoms with van der Waals surface area (Å²) in [4.78, 5) is 24.9. The highest BCUT2D eigenvalue weighted by atomic mass is 35.5. The first-order chi connectivity index (χ1) is 13.1. The third-order valence-electron chi connectivity index (χ3n) is 4.66. The number of carbonyl (C=O) groups excluding carboxylic acids is 1. The minimum absolute atomic E-state index is 0.129. The molecule has 0 aromatic carbocycles. The van der Waals surface area contributed by atoms with Gasteiger partial charge in [-0.3, -0.25) is 9.48 Å². The van der Waals surface area contributed by atoms with Gasteiger partial charge in [0.25, 0.3) is 0 Å². The summed E-state index contributed by atoms with van der Waals surface area (Å²) in [6.07, 6.45) is 6.67. The van der Waals surface area contributed by atoms with E-state index in [9.17, 15) is 4.79 Å². The average Bonchev–Trinajstić information content (AvgIpc) is 3.34. The molecular formula is C17H20ClN7O2. The van der Waals surface area contributed by atoms with E-state index in [0.717, 1.165) is 25.1 Å². The Hall–Kier alpha value is -2.81. The van der Waals surface area contributed by atoms with Gasteiger partial charge in [-0.15, -0.1) is 0 Å². The SMILES string of the molecule is CCn1cc(Nc2nc(OC3CC(C)N(C=O)C3)c3c(Cl)c[nH]c3n2)cn1. The molecule has 0 saturated carbocycles. The van der Waals surface area contributed by atoms with Crippen LogP contribution in [0.15, 0.2) is 18.6 Å². The second-order valence-corrected chi connectivity index (χ2v) is 6.96. The quantitative estimate of drug-likeness (QED) is 0.628. The van der Waals surface area contributed by atoms with Gasteiger partial charge in [-0.2, -0.15) is 15.1 Å². The summed E-state index contributed by atoms with van der Waals surface area (Å²) in [7, 11) is 0. The van der Waals surface area contributed by atoms with Gasteiger partial charge >= 0.3 is 0 Å². The summed E-state index contributed by atoms with van der Waals surface area (Å²) < 4.78 is 7.92. The van der Waals surface area contributed by atoms with Crippen LogP contribution < -0.4 is 10.1 Å². The van der Waals surface area contributed by atoms with Crippen molar-refractivity contribution in [1.82, 2.24) is 29.6 Å². The number of nitrogens with one attached hydrogen (secondary N) is 2. The lowest BCUT2D eigenvalue weighted by Crippen LogP contribution is -2.27. The zero-order chi connectivity index (χ0) is 19.0. The number of carbonyl (C=O) groups is 1. The maximum atomic E-state index is 11.1. The van der Waals surface area contributed by atoms with E-state index >= 15 is 0 Å². The fourth-order valence-corrected chi connectivity index (χ4v) is 3.46. The summed E-state index contributed by atoms with van der Waals surface area (Å²) in [5.41, 5.74) is 1.36. The monoisotopic (exact) mass is 389 g/mol. The van der Waals surface area contributed by atoms with Gasteiger partial charge in [0, 0.05) is 31.4 Å². The van der Waals surface area contributed by atoms with E-state index in [0.29, 0.717) is 34.4 Å². The van der Waals surface area contributed by atoms with Crippen LogP contribution in [0, 0.1) is 0 Å². The van der Waals surface area contributed by atoms with Gasteiger partial charge in [0.05, 0.1) is 28.8 Å². The fraction of sp³-hybridized carbons (Fsp3) is 0.412. The number of aromatic amines is 1. The Morgan fingerprint density at radius 3 is 3.04 bits per heavy atom. The van der Waals surface area contributed by atoms with Crippen molar-refractivity contribution in [2.75, 3.05) is 11.9 Å². The van der Waals surface area contributed by atoms with Crippen LogP contribution in [0.3, 0.4) is 0 Å². The number of aromatic nitrogens is 5. The van der Waals surface area contributed by atoms with E-state index in [-0.39, 0.29) is 12.1 Å². The predicted octanol–water partition coefficient (Wildman–Crippen LogP) is 2.57. The van der Waals surface area contributed by atoms with Gasteiger partial charge in [-0.25, -0.2) is 0 Å². The molecule has 3 aromatic heterocycles. The van der Waals surface area contributed by atoms with Crippen molar-refractivity contribution >= 4 is 40.7 Å². The van der Waals surface area contributed by atoms with Crippen LogP contribution in [-0.2, 0) is 11.3 Å². The lowest BCUT2D eigenvalue weighted by molar-refractivity contribution is -0.118. The van der Waals surface area contributed by atoms with Gasteiger partial charge in [0.2, 0.25) is 18.2 Å². The number of ether oxygens (including phenoxy) is 1. The molecular weight excluding hydrogens is 370 g/mol. The smallest absolute Gasteiger partial charge is 0.232 e. The van der Waals surface area contributed by atoms with Crippen LogP contribution in [0.25, 0.3) is 11.0 Å².